The second kappa shape index (κ2) is 5.94. The van der Waals surface area contributed by atoms with E-state index in [0.717, 1.165) is 0 Å². The quantitative estimate of drug-likeness (QED) is 0.757. The highest BCUT2D eigenvalue weighted by atomic mass is 79.9. The number of sulfonamides is 1. The highest BCUT2D eigenvalue weighted by Crippen LogP contribution is 2.45. The molecule has 6 nitrogen and oxygen atoms in total. The Labute approximate surface area is 131 Å². The lowest BCUT2D eigenvalue weighted by Gasteiger charge is -2.14. The number of hydrogen-bond donors (Lipinski definition) is 2. The smallest absolute Gasteiger partial charge is 0.310 e. The first-order valence-corrected chi connectivity index (χ1v) is 8.74. The SMILES string of the molecule is CCOc1ccc(Br)cc1S(=O)(=O)NCC1(C(=O)O)CC1. The van der Waals surface area contributed by atoms with Gasteiger partial charge in [-0.2, -0.15) is 0 Å². The minimum atomic E-state index is -3.83. The number of carboxylic acid groups (broad SMARTS) is 1. The fraction of sp³-hybridized carbons (Fsp3) is 0.462. The lowest BCUT2D eigenvalue weighted by Crippen LogP contribution is -2.34. The summed E-state index contributed by atoms with van der Waals surface area (Å²) in [5.41, 5.74) is -0.954. The lowest BCUT2D eigenvalue weighted by atomic mass is 10.1. The molecule has 0 saturated heterocycles. The molecule has 0 aliphatic heterocycles. The molecule has 0 spiro atoms. The number of halogens is 1. The van der Waals surface area contributed by atoms with Crippen molar-refractivity contribution in [3.8, 4) is 5.75 Å². The Morgan fingerprint density at radius 3 is 2.67 bits per heavy atom. The van der Waals surface area contributed by atoms with Crippen LogP contribution in [0.2, 0.25) is 0 Å². The van der Waals surface area contributed by atoms with Crippen molar-refractivity contribution in [3.05, 3.63) is 22.7 Å². The van der Waals surface area contributed by atoms with E-state index in [0.29, 0.717) is 23.9 Å². The van der Waals surface area contributed by atoms with Crippen LogP contribution in [0.15, 0.2) is 27.6 Å². The summed E-state index contributed by atoms with van der Waals surface area (Å²) in [7, 11) is -3.83. The number of benzene rings is 1. The predicted molar refractivity (Wildman–Crippen MR) is 79.8 cm³/mol. The number of ether oxygens (including phenoxy) is 1. The summed E-state index contributed by atoms with van der Waals surface area (Å²) in [5, 5.41) is 9.09. The number of rotatable bonds is 7. The third-order valence-electron chi connectivity index (χ3n) is 3.40. The number of carbonyl (C=O) groups is 1. The summed E-state index contributed by atoms with van der Waals surface area (Å²) in [5.74, 6) is -0.724. The second-order valence-electron chi connectivity index (χ2n) is 4.93. The van der Waals surface area contributed by atoms with Gasteiger partial charge in [-0.15, -0.1) is 0 Å². The molecule has 0 aromatic heterocycles. The molecule has 8 heteroatoms. The number of aliphatic carboxylic acids is 1. The maximum Gasteiger partial charge on any atom is 0.310 e. The Bertz CT molecular complexity index is 655. The minimum Gasteiger partial charge on any atom is -0.492 e. The zero-order chi connectivity index (χ0) is 15.7. The van der Waals surface area contributed by atoms with Crippen molar-refractivity contribution < 1.29 is 23.1 Å². The maximum absolute atomic E-state index is 12.4. The Morgan fingerprint density at radius 1 is 1.48 bits per heavy atom. The average molecular weight is 378 g/mol. The zero-order valence-corrected chi connectivity index (χ0v) is 13.8. The third-order valence-corrected chi connectivity index (χ3v) is 5.32. The Balaban J connectivity index is 2.23. The van der Waals surface area contributed by atoms with Gasteiger partial charge in [0.25, 0.3) is 0 Å². The van der Waals surface area contributed by atoms with Crippen LogP contribution in [0, 0.1) is 5.41 Å². The van der Waals surface area contributed by atoms with Gasteiger partial charge >= 0.3 is 5.97 Å². The van der Waals surface area contributed by atoms with Crippen molar-refractivity contribution in [2.24, 2.45) is 5.41 Å². The molecule has 1 aliphatic rings. The molecule has 21 heavy (non-hydrogen) atoms. The van der Waals surface area contributed by atoms with Crippen LogP contribution in [-0.4, -0.2) is 32.6 Å². The molecule has 0 bridgehead atoms. The summed E-state index contributed by atoms with van der Waals surface area (Å²) in [4.78, 5) is 11.1. The molecular formula is C13H16BrNO5S. The van der Waals surface area contributed by atoms with Gasteiger partial charge in [-0.25, -0.2) is 13.1 Å². The van der Waals surface area contributed by atoms with E-state index < -0.39 is 21.4 Å². The second-order valence-corrected chi connectivity index (χ2v) is 7.59. The molecule has 0 atom stereocenters. The van der Waals surface area contributed by atoms with E-state index in [1.54, 1.807) is 19.1 Å². The fourth-order valence-electron chi connectivity index (χ4n) is 1.89. The van der Waals surface area contributed by atoms with Crippen LogP contribution in [0.5, 0.6) is 5.75 Å². The van der Waals surface area contributed by atoms with Crippen molar-refractivity contribution in [1.82, 2.24) is 4.72 Å². The molecule has 0 heterocycles. The minimum absolute atomic E-state index is 0.0000798. The standard InChI is InChI=1S/C13H16BrNO5S/c1-2-20-10-4-3-9(14)7-11(10)21(18,19)15-8-13(5-6-13)12(16)17/h3-4,7,15H,2,5-6,8H2,1H3,(H,16,17). The summed E-state index contributed by atoms with van der Waals surface area (Å²) in [6.45, 7) is 1.99. The summed E-state index contributed by atoms with van der Waals surface area (Å²) in [6, 6.07) is 4.68. The number of carboxylic acids is 1. The summed E-state index contributed by atoms with van der Waals surface area (Å²) >= 11 is 3.22. The zero-order valence-electron chi connectivity index (χ0n) is 11.4. The normalized spacial score (nSPS) is 16.5. The van der Waals surface area contributed by atoms with Gasteiger partial charge in [-0.3, -0.25) is 4.79 Å². The maximum atomic E-state index is 12.4. The van der Waals surface area contributed by atoms with Gasteiger partial charge in [0.15, 0.2) is 0 Å². The highest BCUT2D eigenvalue weighted by molar-refractivity contribution is 9.10. The van der Waals surface area contributed by atoms with Gasteiger partial charge in [0.05, 0.1) is 12.0 Å². The molecule has 2 rings (SSSR count). The molecule has 1 aromatic carbocycles. The molecule has 1 aliphatic carbocycles. The average Bonchev–Trinajstić information content (AvgIpc) is 3.20. The monoisotopic (exact) mass is 377 g/mol. The van der Waals surface area contributed by atoms with E-state index in [1.165, 1.54) is 6.07 Å². The van der Waals surface area contributed by atoms with Crippen LogP contribution < -0.4 is 9.46 Å². The molecule has 1 aromatic rings. The third kappa shape index (κ3) is 3.56. The number of hydrogen-bond acceptors (Lipinski definition) is 4. The van der Waals surface area contributed by atoms with Crippen LogP contribution >= 0.6 is 15.9 Å². The fourth-order valence-corrected chi connectivity index (χ4v) is 3.70. The van der Waals surface area contributed by atoms with Crippen molar-refractivity contribution in [2.45, 2.75) is 24.7 Å². The van der Waals surface area contributed by atoms with E-state index in [-0.39, 0.29) is 17.2 Å². The molecule has 1 saturated carbocycles. The van der Waals surface area contributed by atoms with Crippen LogP contribution in [0.1, 0.15) is 19.8 Å². The summed E-state index contributed by atoms with van der Waals surface area (Å²) < 4.78 is 33.0. The Kier molecular flexibility index (Phi) is 4.60. The van der Waals surface area contributed by atoms with Gasteiger partial charge in [-0.05, 0) is 38.0 Å². The van der Waals surface area contributed by atoms with Crippen molar-refractivity contribution >= 4 is 31.9 Å². The van der Waals surface area contributed by atoms with Gasteiger partial charge in [0, 0.05) is 11.0 Å². The first kappa shape index (κ1) is 16.3. The van der Waals surface area contributed by atoms with Gasteiger partial charge in [-0.1, -0.05) is 15.9 Å². The van der Waals surface area contributed by atoms with E-state index in [2.05, 4.69) is 20.7 Å². The van der Waals surface area contributed by atoms with E-state index >= 15 is 0 Å². The largest absolute Gasteiger partial charge is 0.492 e. The molecule has 0 amide bonds. The van der Waals surface area contributed by atoms with Crippen LogP contribution in [0.3, 0.4) is 0 Å². The molecule has 0 radical (unpaired) electrons. The van der Waals surface area contributed by atoms with Gasteiger partial charge < -0.3 is 9.84 Å². The van der Waals surface area contributed by atoms with Gasteiger partial charge in [0.2, 0.25) is 10.0 Å². The van der Waals surface area contributed by atoms with E-state index in [1.807, 2.05) is 0 Å². The van der Waals surface area contributed by atoms with Gasteiger partial charge in [0.1, 0.15) is 10.6 Å². The first-order valence-electron chi connectivity index (χ1n) is 6.46. The molecule has 1 fully saturated rings. The summed E-state index contributed by atoms with van der Waals surface area (Å²) in [6.07, 6.45) is 0.976. The Hall–Kier alpha value is -1.12. The molecule has 2 N–H and O–H groups in total. The topological polar surface area (TPSA) is 92.7 Å². The van der Waals surface area contributed by atoms with Crippen molar-refractivity contribution in [3.63, 3.8) is 0 Å². The molecule has 116 valence electrons. The van der Waals surface area contributed by atoms with Crippen molar-refractivity contribution in [1.29, 1.82) is 0 Å². The predicted octanol–water partition coefficient (Wildman–Crippen LogP) is 1.99. The van der Waals surface area contributed by atoms with Crippen LogP contribution in [0.25, 0.3) is 0 Å². The first-order chi connectivity index (χ1) is 9.81. The Morgan fingerprint density at radius 2 is 2.14 bits per heavy atom. The molecular weight excluding hydrogens is 362 g/mol. The molecule has 0 unspecified atom stereocenters. The lowest BCUT2D eigenvalue weighted by molar-refractivity contribution is -0.143. The highest BCUT2D eigenvalue weighted by Gasteiger charge is 2.50. The van der Waals surface area contributed by atoms with Crippen LogP contribution in [0.4, 0.5) is 0 Å². The van der Waals surface area contributed by atoms with E-state index in [4.69, 9.17) is 9.84 Å². The van der Waals surface area contributed by atoms with E-state index in [9.17, 15) is 13.2 Å². The van der Waals surface area contributed by atoms with Crippen LogP contribution in [-0.2, 0) is 14.8 Å². The van der Waals surface area contributed by atoms with Crippen molar-refractivity contribution in [2.75, 3.05) is 13.2 Å². The number of nitrogens with one attached hydrogen (secondary N) is 1.